The molecule has 0 N–H and O–H groups in total. The number of unbranched alkanes of at least 4 members (excludes halogenated alkanes) is 1. The van der Waals surface area contributed by atoms with E-state index in [9.17, 15) is 9.35 Å². The van der Waals surface area contributed by atoms with E-state index in [2.05, 4.69) is 13.5 Å². The van der Waals surface area contributed by atoms with Crippen molar-refractivity contribution in [2.24, 2.45) is 0 Å². The summed E-state index contributed by atoms with van der Waals surface area (Å²) in [5.74, 6) is -0.423. The second-order valence-corrected chi connectivity index (χ2v) is 7.78. The summed E-state index contributed by atoms with van der Waals surface area (Å²) in [5, 5.41) is 0. The van der Waals surface area contributed by atoms with Crippen molar-refractivity contribution in [3.8, 4) is 0 Å². The molecule has 2 aromatic carbocycles. The Kier molecular flexibility index (Phi) is 5.02. The first-order valence-corrected chi connectivity index (χ1v) is 9.66. The van der Waals surface area contributed by atoms with Crippen molar-refractivity contribution in [1.82, 2.24) is 0 Å². The molecular formula is C21H22O3S. The third-order valence-corrected chi connectivity index (χ3v) is 6.05. The number of carbonyl (C=O) groups excluding carboxylic acids is 1. The lowest BCUT2D eigenvalue weighted by molar-refractivity contribution is -0.153. The Morgan fingerprint density at radius 3 is 2.12 bits per heavy atom. The number of ether oxygens (including phenoxy) is 1. The highest BCUT2D eigenvalue weighted by Gasteiger charge is 2.49. The predicted octanol–water partition coefficient (Wildman–Crippen LogP) is 4.72. The highest BCUT2D eigenvalue weighted by molar-refractivity contribution is 7.91. The fourth-order valence-corrected chi connectivity index (χ4v) is 4.80. The van der Waals surface area contributed by atoms with Crippen LogP contribution < -0.4 is 0 Å². The summed E-state index contributed by atoms with van der Waals surface area (Å²) in [6, 6.07) is 15.1. The highest BCUT2D eigenvalue weighted by atomic mass is 32.2. The van der Waals surface area contributed by atoms with Crippen LogP contribution in [0.4, 0.5) is 0 Å². The standard InChI is InChI=1S/C21H22O3S/c1-4-5-14-21(24-20(22)15(2)3)16-10-6-8-12-18(16)25(23)19-13-9-7-11-17(19)21/h6-13H,2,4-5,14H2,1,3H3. The number of rotatable bonds is 5. The molecule has 0 saturated carbocycles. The van der Waals surface area contributed by atoms with E-state index in [1.54, 1.807) is 6.92 Å². The molecule has 3 rings (SSSR count). The molecule has 0 bridgehead atoms. The fraction of sp³-hybridized carbons (Fsp3) is 0.286. The number of hydrogen-bond acceptors (Lipinski definition) is 3. The maximum Gasteiger partial charge on any atom is 0.334 e. The molecule has 1 aliphatic heterocycles. The summed E-state index contributed by atoms with van der Waals surface area (Å²) in [7, 11) is 0. The minimum Gasteiger partial charge on any atom is -0.606 e. The molecule has 1 heterocycles. The molecule has 0 amide bonds. The molecule has 2 aromatic rings. The van der Waals surface area contributed by atoms with E-state index >= 15 is 0 Å². The van der Waals surface area contributed by atoms with Crippen LogP contribution in [0.1, 0.15) is 44.2 Å². The van der Waals surface area contributed by atoms with Crippen LogP contribution in [0, 0.1) is 0 Å². The molecule has 25 heavy (non-hydrogen) atoms. The summed E-state index contributed by atoms with van der Waals surface area (Å²) < 4.78 is 19.1. The minimum absolute atomic E-state index is 0.359. The van der Waals surface area contributed by atoms with Crippen LogP contribution in [-0.4, -0.2) is 10.5 Å². The lowest BCUT2D eigenvalue weighted by Gasteiger charge is -2.39. The highest BCUT2D eigenvalue weighted by Crippen LogP contribution is 2.49. The normalized spacial score (nSPS) is 21.2. The van der Waals surface area contributed by atoms with Crippen LogP contribution in [0.15, 0.2) is 70.5 Å². The summed E-state index contributed by atoms with van der Waals surface area (Å²) in [6.45, 7) is 7.48. The number of esters is 1. The van der Waals surface area contributed by atoms with Crippen molar-refractivity contribution in [3.63, 3.8) is 0 Å². The van der Waals surface area contributed by atoms with Gasteiger partial charge >= 0.3 is 5.97 Å². The molecule has 4 heteroatoms. The van der Waals surface area contributed by atoms with Crippen LogP contribution in [-0.2, 0) is 26.3 Å². The molecule has 0 atom stereocenters. The van der Waals surface area contributed by atoms with Gasteiger partial charge < -0.3 is 9.29 Å². The smallest absolute Gasteiger partial charge is 0.334 e. The molecule has 0 saturated heterocycles. The van der Waals surface area contributed by atoms with Crippen LogP contribution in [0.3, 0.4) is 0 Å². The fourth-order valence-electron chi connectivity index (χ4n) is 3.29. The van der Waals surface area contributed by atoms with Gasteiger partial charge in [-0.3, -0.25) is 0 Å². The Balaban J connectivity index is 2.26. The maximum atomic E-state index is 13.0. The summed E-state index contributed by atoms with van der Waals surface area (Å²) in [4.78, 5) is 13.9. The molecule has 0 spiro atoms. The third-order valence-electron chi connectivity index (χ3n) is 4.54. The monoisotopic (exact) mass is 354 g/mol. The van der Waals surface area contributed by atoms with Crippen molar-refractivity contribution in [2.75, 3.05) is 0 Å². The van der Waals surface area contributed by atoms with Crippen LogP contribution in [0.2, 0.25) is 0 Å². The maximum absolute atomic E-state index is 13.0. The van der Waals surface area contributed by atoms with Gasteiger partial charge in [0.1, 0.15) is 0 Å². The van der Waals surface area contributed by atoms with Crippen LogP contribution in [0.25, 0.3) is 0 Å². The molecule has 0 aromatic heterocycles. The zero-order valence-electron chi connectivity index (χ0n) is 14.6. The van der Waals surface area contributed by atoms with Gasteiger partial charge in [0.15, 0.2) is 15.4 Å². The molecule has 0 aliphatic carbocycles. The van der Waals surface area contributed by atoms with Gasteiger partial charge in [-0.25, -0.2) is 4.79 Å². The van der Waals surface area contributed by atoms with Crippen molar-refractivity contribution >= 4 is 17.1 Å². The average Bonchev–Trinajstić information content (AvgIpc) is 2.64. The minimum atomic E-state index is -1.28. The Bertz CT molecular complexity index is 765. The molecule has 130 valence electrons. The lowest BCUT2D eigenvalue weighted by Crippen LogP contribution is -2.39. The molecule has 0 radical (unpaired) electrons. The largest absolute Gasteiger partial charge is 0.606 e. The van der Waals surface area contributed by atoms with Gasteiger partial charge in [-0.15, -0.1) is 0 Å². The Labute approximate surface area is 151 Å². The average molecular weight is 354 g/mol. The zero-order valence-corrected chi connectivity index (χ0v) is 15.4. The van der Waals surface area contributed by atoms with E-state index in [-0.39, 0.29) is 0 Å². The van der Waals surface area contributed by atoms with E-state index in [1.165, 1.54) is 0 Å². The Hall–Kier alpha value is -2.04. The number of carbonyl (C=O) groups is 1. The quantitative estimate of drug-likeness (QED) is 0.443. The van der Waals surface area contributed by atoms with Crippen molar-refractivity contribution in [3.05, 3.63) is 71.8 Å². The summed E-state index contributed by atoms with van der Waals surface area (Å²) >= 11 is -1.28. The number of hydrogen-bond donors (Lipinski definition) is 0. The van der Waals surface area contributed by atoms with Gasteiger partial charge in [0.25, 0.3) is 0 Å². The molecule has 0 fully saturated rings. The predicted molar refractivity (Wildman–Crippen MR) is 98.8 cm³/mol. The van der Waals surface area contributed by atoms with Crippen LogP contribution >= 0.6 is 0 Å². The topological polar surface area (TPSA) is 49.4 Å². The number of benzene rings is 2. The third kappa shape index (κ3) is 3.00. The number of fused-ring (bicyclic) bond motifs is 2. The van der Waals surface area contributed by atoms with E-state index in [0.29, 0.717) is 21.8 Å². The van der Waals surface area contributed by atoms with Crippen LogP contribution in [0.5, 0.6) is 0 Å². The van der Waals surface area contributed by atoms with Crippen molar-refractivity contribution in [1.29, 1.82) is 0 Å². The molecule has 1 aliphatic rings. The first-order valence-electron chi connectivity index (χ1n) is 8.51. The first kappa shape index (κ1) is 17.8. The molecule has 3 nitrogen and oxygen atoms in total. The first-order chi connectivity index (χ1) is 12.0. The second-order valence-electron chi connectivity index (χ2n) is 6.36. The van der Waals surface area contributed by atoms with Gasteiger partial charge in [0.05, 0.1) is 11.1 Å². The second kappa shape index (κ2) is 7.06. The van der Waals surface area contributed by atoms with E-state index < -0.39 is 22.7 Å². The van der Waals surface area contributed by atoms with Gasteiger partial charge in [0.2, 0.25) is 0 Å². The SMILES string of the molecule is C=C(C)C(=O)OC1(CCCC)c2ccccc2[S+]([O-])c2ccccc21. The van der Waals surface area contributed by atoms with Gasteiger partial charge in [-0.1, -0.05) is 44.2 Å². The summed E-state index contributed by atoms with van der Waals surface area (Å²) in [6.07, 6.45) is 2.51. The van der Waals surface area contributed by atoms with Crippen molar-refractivity contribution < 1.29 is 14.1 Å². The Morgan fingerprint density at radius 2 is 1.64 bits per heavy atom. The van der Waals surface area contributed by atoms with Gasteiger partial charge in [-0.2, -0.15) is 0 Å². The van der Waals surface area contributed by atoms with Gasteiger partial charge in [0, 0.05) is 16.7 Å². The Morgan fingerprint density at radius 1 is 1.12 bits per heavy atom. The van der Waals surface area contributed by atoms with Crippen molar-refractivity contribution in [2.45, 2.75) is 48.5 Å². The lowest BCUT2D eigenvalue weighted by atomic mass is 9.81. The summed E-state index contributed by atoms with van der Waals surface area (Å²) in [5.41, 5.74) is 1.07. The molecular weight excluding hydrogens is 332 g/mol. The molecule has 0 unspecified atom stereocenters. The van der Waals surface area contributed by atoms with E-state index in [1.807, 2.05) is 48.5 Å². The van der Waals surface area contributed by atoms with E-state index in [0.717, 1.165) is 24.0 Å². The van der Waals surface area contributed by atoms with Gasteiger partial charge in [-0.05, 0) is 44.0 Å². The van der Waals surface area contributed by atoms with E-state index in [4.69, 9.17) is 4.74 Å². The zero-order chi connectivity index (χ0) is 18.0.